The van der Waals surface area contributed by atoms with E-state index in [1.807, 2.05) is 0 Å². The summed E-state index contributed by atoms with van der Waals surface area (Å²) in [5, 5.41) is 0. The number of carbonyl (C=O) groups is 1. The molecule has 0 aliphatic heterocycles. The minimum Gasteiger partial charge on any atom is -0.673 e. The van der Waals surface area contributed by atoms with Gasteiger partial charge in [0.05, 0.1) is 0 Å². The Morgan fingerprint density at radius 3 is 2.00 bits per heavy atom. The molecule has 0 amide bonds. The fraction of sp³-hybridized carbons (Fsp3) is 0.333. The molecule has 0 fully saturated rings. The molecule has 0 saturated carbocycles. The first-order valence-electron chi connectivity index (χ1n) is 1.26. The van der Waals surface area contributed by atoms with E-state index in [4.69, 9.17) is 5.73 Å². The maximum Gasteiger partial charge on any atom is 0 e. The molecule has 3 heteroatoms. The Hall–Kier alpha value is 0.513. The largest absolute Gasteiger partial charge is 0.673 e. The van der Waals surface area contributed by atoms with Gasteiger partial charge in [-0.3, -0.25) is 0 Å². The van der Waals surface area contributed by atoms with Gasteiger partial charge in [0, 0.05) is 29.9 Å². The van der Waals surface area contributed by atoms with Crippen molar-refractivity contribution in [2.75, 3.05) is 6.54 Å². The monoisotopic (exact) mass is 307 g/mol. The molecule has 35 valence electrons. The minimum absolute atomic E-state index is 0. The van der Waals surface area contributed by atoms with Crippen molar-refractivity contribution in [1.29, 1.82) is 0 Å². The average Bonchev–Trinajstić information content (AvgIpc) is 1.38. The number of hydrogen-bond donors (Lipinski definition) is 0. The molecule has 0 aliphatic carbocycles. The minimum atomic E-state index is -0.329. The van der Waals surface area contributed by atoms with Crippen LogP contribution in [0.1, 0.15) is 0 Å². The number of hydrogen-bond acceptors (Lipinski definition) is 1. The molecule has 1 radical (unpaired) electrons. The topological polar surface area (TPSA) is 40.9 Å². The van der Waals surface area contributed by atoms with Crippen LogP contribution in [0.4, 0.5) is 0 Å². The molecular weight excluding hydrogens is 303 g/mol. The Balaban J connectivity index is 0. The second-order valence-electron chi connectivity index (χ2n) is 0.715. The summed E-state index contributed by atoms with van der Waals surface area (Å²) in [5.41, 5.74) is 6.25. The van der Waals surface area contributed by atoms with E-state index in [-0.39, 0.29) is 42.3 Å². The molecule has 0 spiro atoms. The summed E-state index contributed by atoms with van der Waals surface area (Å²) in [7, 11) is 0. The van der Waals surface area contributed by atoms with E-state index in [1.165, 1.54) is 0 Å². The van der Waals surface area contributed by atoms with Gasteiger partial charge in [0.25, 0.3) is 0 Å². The third kappa shape index (κ3) is 8.82. The predicted octanol–water partition coefficient (Wildman–Crippen LogP) is 0.442. The molecular formula is C3H5NNpO-2. The van der Waals surface area contributed by atoms with Gasteiger partial charge in [0.15, 0.2) is 0 Å². The molecule has 0 aromatic heterocycles. The van der Waals surface area contributed by atoms with Gasteiger partial charge < -0.3 is 17.5 Å². The number of Topliss-reactive ketones (excluding diaryl/α,β-unsaturated/α-hetero) is 1. The quantitative estimate of drug-likeness (QED) is 0.648. The third-order valence-electron chi connectivity index (χ3n) is 0.197. The van der Waals surface area contributed by atoms with Crippen LogP contribution in [-0.2, 0) is 4.79 Å². The van der Waals surface area contributed by atoms with E-state index < -0.39 is 0 Å². The molecule has 0 heterocycles. The summed E-state index contributed by atoms with van der Waals surface area (Å²) in [6.07, 6.45) is 0. The molecule has 0 aromatic rings. The summed E-state index contributed by atoms with van der Waals surface area (Å²) in [4.78, 5) is 9.51. The van der Waals surface area contributed by atoms with Crippen LogP contribution in [0, 0.1) is 36.9 Å². The Morgan fingerprint density at radius 2 is 2.00 bits per heavy atom. The Kier molecular flexibility index (Phi) is 8.93. The number of nitrogens with one attached hydrogen (secondary N) is 1. The molecule has 0 bridgehead atoms. The summed E-state index contributed by atoms with van der Waals surface area (Å²) in [6.45, 7) is 2.74. The van der Waals surface area contributed by atoms with Gasteiger partial charge >= 0.3 is 0 Å². The molecule has 0 aliphatic rings. The molecule has 1 N–H and O–H groups in total. The van der Waals surface area contributed by atoms with Crippen LogP contribution in [0.25, 0.3) is 5.73 Å². The van der Waals surface area contributed by atoms with Gasteiger partial charge in [-0.1, -0.05) is 0 Å². The SMILES string of the molecule is [CH2-]C(=O)C[NH-].[Np]. The smallest absolute Gasteiger partial charge is 0 e. The number of ketones is 1. The number of carbonyl (C=O) groups excluding carboxylic acids is 1. The molecule has 0 atom stereocenters. The van der Waals surface area contributed by atoms with Gasteiger partial charge in [-0.05, 0) is 5.78 Å². The van der Waals surface area contributed by atoms with Crippen molar-refractivity contribution in [2.24, 2.45) is 0 Å². The average molecular weight is 308 g/mol. The Bertz CT molecular complexity index is 46.1. The van der Waals surface area contributed by atoms with Gasteiger partial charge in [-0.15, -0.1) is 6.54 Å². The summed E-state index contributed by atoms with van der Waals surface area (Å²) in [6, 6.07) is 0. The van der Waals surface area contributed by atoms with Crippen LogP contribution in [0.2, 0.25) is 0 Å². The molecule has 0 unspecified atom stereocenters. The van der Waals surface area contributed by atoms with Crippen molar-refractivity contribution < 1.29 is 34.7 Å². The van der Waals surface area contributed by atoms with E-state index in [0.717, 1.165) is 0 Å². The van der Waals surface area contributed by atoms with Crippen LogP contribution < -0.4 is 0 Å². The van der Waals surface area contributed by atoms with Gasteiger partial charge in [0.1, 0.15) is 0 Å². The van der Waals surface area contributed by atoms with E-state index in [1.54, 1.807) is 0 Å². The van der Waals surface area contributed by atoms with Crippen LogP contribution >= 0.6 is 0 Å². The molecule has 0 saturated heterocycles. The Labute approximate surface area is 59.7 Å². The summed E-state index contributed by atoms with van der Waals surface area (Å²) < 4.78 is 0. The predicted molar refractivity (Wildman–Crippen MR) is 19.6 cm³/mol. The second-order valence-corrected chi connectivity index (χ2v) is 0.715. The van der Waals surface area contributed by atoms with Crippen molar-refractivity contribution in [3.63, 3.8) is 0 Å². The van der Waals surface area contributed by atoms with Crippen LogP contribution in [-0.4, -0.2) is 12.3 Å². The second kappa shape index (κ2) is 5.51. The first-order valence-corrected chi connectivity index (χ1v) is 1.26. The van der Waals surface area contributed by atoms with Gasteiger partial charge in [0.2, 0.25) is 0 Å². The molecule has 0 aromatic carbocycles. The maximum atomic E-state index is 9.51. The summed E-state index contributed by atoms with van der Waals surface area (Å²) in [5.74, 6) is -0.329. The standard InChI is InChI=1S/C3H5NO.Np/c1-3(5)2-4;/h4H,1-2H2;/q-2;. The van der Waals surface area contributed by atoms with E-state index in [9.17, 15) is 4.79 Å². The van der Waals surface area contributed by atoms with Crippen molar-refractivity contribution in [3.8, 4) is 0 Å². The van der Waals surface area contributed by atoms with Crippen molar-refractivity contribution >= 4 is 5.78 Å². The summed E-state index contributed by atoms with van der Waals surface area (Å²) >= 11 is 0. The zero-order chi connectivity index (χ0) is 4.28. The first-order chi connectivity index (χ1) is 2.27. The van der Waals surface area contributed by atoms with Gasteiger partial charge in [-0.2, -0.15) is 0 Å². The first kappa shape index (κ1) is 9.72. The fourth-order valence-electron chi connectivity index (χ4n) is 0. The molecule has 2 nitrogen and oxygen atoms in total. The van der Waals surface area contributed by atoms with E-state index >= 15 is 0 Å². The number of rotatable bonds is 1. The fourth-order valence-corrected chi connectivity index (χ4v) is 0. The maximum absolute atomic E-state index is 9.51. The van der Waals surface area contributed by atoms with E-state index in [2.05, 4.69) is 6.92 Å². The molecule has 6 heavy (non-hydrogen) atoms. The van der Waals surface area contributed by atoms with E-state index in [0.29, 0.717) is 0 Å². The third-order valence-corrected chi connectivity index (χ3v) is 0.197. The van der Waals surface area contributed by atoms with Crippen molar-refractivity contribution in [2.45, 2.75) is 0 Å². The van der Waals surface area contributed by atoms with Crippen molar-refractivity contribution in [1.82, 2.24) is 0 Å². The molecule has 0 rings (SSSR count). The van der Waals surface area contributed by atoms with Gasteiger partial charge in [-0.25, -0.2) is 0 Å². The van der Waals surface area contributed by atoms with Crippen LogP contribution in [0.3, 0.4) is 0 Å². The van der Waals surface area contributed by atoms with Crippen molar-refractivity contribution in [3.05, 3.63) is 12.7 Å². The van der Waals surface area contributed by atoms with Crippen LogP contribution in [0.5, 0.6) is 0 Å². The van der Waals surface area contributed by atoms with Crippen LogP contribution in [0.15, 0.2) is 0 Å². The zero-order valence-electron chi connectivity index (χ0n) is 3.27. The normalized spacial score (nSPS) is 6.17. The zero-order valence-corrected chi connectivity index (χ0v) is 6.99. The Morgan fingerprint density at radius 1 is 1.83 bits per heavy atom.